The summed E-state index contributed by atoms with van der Waals surface area (Å²) in [5.41, 5.74) is 1.07. The van der Waals surface area contributed by atoms with Gasteiger partial charge in [-0.3, -0.25) is 0 Å². The van der Waals surface area contributed by atoms with Crippen LogP contribution in [0.2, 0.25) is 0 Å². The van der Waals surface area contributed by atoms with Gasteiger partial charge in [-0.15, -0.1) is 0 Å². The second-order valence-corrected chi connectivity index (χ2v) is 6.00. The molecule has 0 saturated carbocycles. The van der Waals surface area contributed by atoms with E-state index in [1.807, 2.05) is 54.8 Å². The van der Waals surface area contributed by atoms with Crippen molar-refractivity contribution in [2.24, 2.45) is 0 Å². The van der Waals surface area contributed by atoms with Crippen LogP contribution in [0.1, 0.15) is 25.5 Å². The van der Waals surface area contributed by atoms with Crippen LogP contribution in [0.5, 0.6) is 5.75 Å². The minimum absolute atomic E-state index is 0.0162. The Morgan fingerprint density at radius 2 is 2.20 bits per heavy atom. The Labute approximate surface area is 124 Å². The van der Waals surface area contributed by atoms with Crippen molar-refractivity contribution < 1.29 is 9.53 Å². The lowest BCUT2D eigenvalue weighted by molar-refractivity contribution is 0.199. The molecule has 5 heteroatoms. The first-order valence-electron chi connectivity index (χ1n) is 7.06. The third-order valence-corrected chi connectivity index (χ3v) is 4.25. The number of rotatable bonds is 4. The third kappa shape index (κ3) is 4.07. The van der Waals surface area contributed by atoms with E-state index in [2.05, 4.69) is 5.32 Å². The van der Waals surface area contributed by atoms with Crippen LogP contribution in [0, 0.1) is 0 Å². The van der Waals surface area contributed by atoms with Gasteiger partial charge in [0, 0.05) is 24.6 Å². The molecule has 1 saturated heterocycles. The van der Waals surface area contributed by atoms with E-state index in [-0.39, 0.29) is 12.1 Å². The number of nitrogens with zero attached hydrogens (tertiary/aromatic N) is 1. The van der Waals surface area contributed by atoms with Crippen LogP contribution in [-0.2, 0) is 0 Å². The van der Waals surface area contributed by atoms with E-state index in [1.54, 1.807) is 0 Å². The number of hydrogen-bond acceptors (Lipinski definition) is 3. The monoisotopic (exact) mass is 294 g/mol. The molecule has 0 bridgehead atoms. The largest absolute Gasteiger partial charge is 0.494 e. The topological polar surface area (TPSA) is 41.6 Å². The molecule has 1 atom stereocenters. The maximum Gasteiger partial charge on any atom is 0.317 e. The standard InChI is InChI=1S/C15H22N2O2S/c1-3-19-14-6-4-5-13(11-14)12(2)16-15(18)17-7-9-20-10-8-17/h4-6,11-12H,3,7-10H2,1-2H3,(H,16,18). The molecule has 1 aromatic rings. The summed E-state index contributed by atoms with van der Waals surface area (Å²) in [5, 5.41) is 3.06. The van der Waals surface area contributed by atoms with E-state index in [0.29, 0.717) is 6.61 Å². The van der Waals surface area contributed by atoms with Gasteiger partial charge in [0.1, 0.15) is 5.75 Å². The van der Waals surface area contributed by atoms with E-state index in [9.17, 15) is 4.79 Å². The molecule has 0 radical (unpaired) electrons. The lowest BCUT2D eigenvalue weighted by atomic mass is 10.1. The van der Waals surface area contributed by atoms with Gasteiger partial charge in [-0.05, 0) is 31.5 Å². The molecule has 20 heavy (non-hydrogen) atoms. The van der Waals surface area contributed by atoms with Crippen molar-refractivity contribution in [1.82, 2.24) is 10.2 Å². The second-order valence-electron chi connectivity index (χ2n) is 4.78. The molecule has 0 aliphatic carbocycles. The molecule has 0 aromatic heterocycles. The van der Waals surface area contributed by atoms with E-state index < -0.39 is 0 Å². The summed E-state index contributed by atoms with van der Waals surface area (Å²) in [6, 6.07) is 7.90. The van der Waals surface area contributed by atoms with Crippen molar-refractivity contribution in [3.8, 4) is 5.75 Å². The van der Waals surface area contributed by atoms with Gasteiger partial charge in [-0.2, -0.15) is 11.8 Å². The van der Waals surface area contributed by atoms with Crippen LogP contribution in [0.4, 0.5) is 4.79 Å². The van der Waals surface area contributed by atoms with Crippen molar-refractivity contribution in [1.29, 1.82) is 0 Å². The number of carbonyl (C=O) groups excluding carboxylic acids is 1. The fourth-order valence-electron chi connectivity index (χ4n) is 2.17. The fraction of sp³-hybridized carbons (Fsp3) is 0.533. The van der Waals surface area contributed by atoms with E-state index in [0.717, 1.165) is 35.9 Å². The SMILES string of the molecule is CCOc1cccc(C(C)NC(=O)N2CCSCC2)c1. The summed E-state index contributed by atoms with van der Waals surface area (Å²) >= 11 is 1.90. The Kier molecular flexibility index (Phi) is 5.59. The highest BCUT2D eigenvalue weighted by Gasteiger charge is 2.18. The van der Waals surface area contributed by atoms with Crippen LogP contribution < -0.4 is 10.1 Å². The Morgan fingerprint density at radius 1 is 1.45 bits per heavy atom. The second kappa shape index (κ2) is 7.43. The minimum Gasteiger partial charge on any atom is -0.494 e. The Morgan fingerprint density at radius 3 is 2.90 bits per heavy atom. The molecular formula is C15H22N2O2S. The van der Waals surface area contributed by atoms with Crippen molar-refractivity contribution in [2.75, 3.05) is 31.2 Å². The summed E-state index contributed by atoms with van der Waals surface area (Å²) in [6.45, 7) is 6.29. The average Bonchev–Trinajstić information content (AvgIpc) is 2.48. The van der Waals surface area contributed by atoms with Crippen molar-refractivity contribution in [2.45, 2.75) is 19.9 Å². The van der Waals surface area contributed by atoms with Gasteiger partial charge >= 0.3 is 6.03 Å². The lowest BCUT2D eigenvalue weighted by Crippen LogP contribution is -2.45. The zero-order valence-corrected chi connectivity index (χ0v) is 12.9. The number of urea groups is 1. The summed E-state index contributed by atoms with van der Waals surface area (Å²) in [5.74, 6) is 2.91. The van der Waals surface area contributed by atoms with Crippen molar-refractivity contribution in [3.05, 3.63) is 29.8 Å². The highest BCUT2D eigenvalue weighted by molar-refractivity contribution is 7.99. The average molecular weight is 294 g/mol. The number of nitrogens with one attached hydrogen (secondary N) is 1. The first-order chi connectivity index (χ1) is 9.70. The van der Waals surface area contributed by atoms with Gasteiger partial charge < -0.3 is 15.0 Å². The Hall–Kier alpha value is -1.36. The molecule has 110 valence electrons. The van der Waals surface area contributed by atoms with Crippen molar-refractivity contribution in [3.63, 3.8) is 0 Å². The quantitative estimate of drug-likeness (QED) is 0.928. The van der Waals surface area contributed by atoms with Gasteiger partial charge in [-0.1, -0.05) is 12.1 Å². The van der Waals surface area contributed by atoms with Crippen molar-refractivity contribution >= 4 is 17.8 Å². The highest BCUT2D eigenvalue weighted by Crippen LogP contribution is 2.19. The Bertz CT molecular complexity index is 447. The van der Waals surface area contributed by atoms with Gasteiger partial charge in [0.15, 0.2) is 0 Å². The maximum atomic E-state index is 12.2. The fourth-order valence-corrected chi connectivity index (χ4v) is 3.07. The Balaban J connectivity index is 1.94. The zero-order valence-electron chi connectivity index (χ0n) is 12.1. The molecule has 4 nitrogen and oxygen atoms in total. The summed E-state index contributed by atoms with van der Waals surface area (Å²) < 4.78 is 5.49. The third-order valence-electron chi connectivity index (χ3n) is 3.31. The first-order valence-corrected chi connectivity index (χ1v) is 8.22. The van der Waals surface area contributed by atoms with Crippen LogP contribution in [-0.4, -0.2) is 42.1 Å². The summed E-state index contributed by atoms with van der Waals surface area (Å²) in [7, 11) is 0. The predicted octanol–water partition coefficient (Wildman–Crippen LogP) is 2.90. The molecule has 1 aliphatic rings. The molecular weight excluding hydrogens is 272 g/mol. The molecule has 1 N–H and O–H groups in total. The number of ether oxygens (including phenoxy) is 1. The number of thioether (sulfide) groups is 1. The minimum atomic E-state index is -0.0162. The molecule has 1 aliphatic heterocycles. The number of amides is 2. The summed E-state index contributed by atoms with van der Waals surface area (Å²) in [4.78, 5) is 14.1. The van der Waals surface area contributed by atoms with E-state index >= 15 is 0 Å². The van der Waals surface area contributed by atoms with Crippen LogP contribution in [0.3, 0.4) is 0 Å². The van der Waals surface area contributed by atoms with Gasteiger partial charge in [0.2, 0.25) is 0 Å². The number of hydrogen-bond donors (Lipinski definition) is 1. The number of carbonyl (C=O) groups is 1. The van der Waals surface area contributed by atoms with E-state index in [1.165, 1.54) is 0 Å². The molecule has 2 amide bonds. The van der Waals surface area contributed by atoms with Gasteiger partial charge in [0.25, 0.3) is 0 Å². The molecule has 1 unspecified atom stereocenters. The summed E-state index contributed by atoms with van der Waals surface area (Å²) in [6.07, 6.45) is 0. The van der Waals surface area contributed by atoms with Gasteiger partial charge in [0.05, 0.1) is 12.6 Å². The van der Waals surface area contributed by atoms with Crippen LogP contribution in [0.25, 0.3) is 0 Å². The first kappa shape index (κ1) is 15.0. The van der Waals surface area contributed by atoms with Crippen LogP contribution >= 0.6 is 11.8 Å². The predicted molar refractivity (Wildman–Crippen MR) is 83.5 cm³/mol. The molecule has 1 fully saturated rings. The normalized spacial score (nSPS) is 16.6. The van der Waals surface area contributed by atoms with E-state index in [4.69, 9.17) is 4.74 Å². The van der Waals surface area contributed by atoms with Gasteiger partial charge in [-0.25, -0.2) is 4.79 Å². The maximum absolute atomic E-state index is 12.2. The molecule has 1 heterocycles. The molecule has 0 spiro atoms. The number of benzene rings is 1. The zero-order chi connectivity index (χ0) is 14.4. The highest BCUT2D eigenvalue weighted by atomic mass is 32.2. The smallest absolute Gasteiger partial charge is 0.317 e. The lowest BCUT2D eigenvalue weighted by Gasteiger charge is -2.28. The molecule has 1 aromatic carbocycles. The van der Waals surface area contributed by atoms with Crippen LogP contribution in [0.15, 0.2) is 24.3 Å². The molecule has 2 rings (SSSR count).